The molecule has 0 radical (unpaired) electrons. The highest BCUT2D eigenvalue weighted by molar-refractivity contribution is 6.33. The van der Waals surface area contributed by atoms with Crippen molar-refractivity contribution in [1.29, 1.82) is 0 Å². The maximum Gasteiger partial charge on any atom is 0.398 e. The predicted molar refractivity (Wildman–Crippen MR) is 64.8 cm³/mol. The van der Waals surface area contributed by atoms with Crippen LogP contribution >= 0.6 is 11.6 Å². The van der Waals surface area contributed by atoms with Gasteiger partial charge in [0.25, 0.3) is 0 Å². The molecule has 2 unspecified atom stereocenters. The predicted octanol–water partition coefficient (Wildman–Crippen LogP) is 3.01. The molecule has 1 aromatic rings. The highest BCUT2D eigenvalue weighted by atomic mass is 35.5. The van der Waals surface area contributed by atoms with Gasteiger partial charge in [0.1, 0.15) is 17.2 Å². The molecule has 0 fully saturated rings. The number of benzene rings is 1. The van der Waals surface area contributed by atoms with Crippen LogP contribution in [0, 0.1) is 0 Å². The molecule has 5 nitrogen and oxygen atoms in total. The van der Waals surface area contributed by atoms with Crippen molar-refractivity contribution < 1.29 is 38.0 Å². The average Bonchev–Trinajstić information content (AvgIpc) is 2.33. The number of hydrogen-bond acceptors (Lipinski definition) is 4. The summed E-state index contributed by atoms with van der Waals surface area (Å²) >= 11 is 5.72. The molecular weight excluding hydrogens is 317 g/mol. The van der Waals surface area contributed by atoms with Crippen molar-refractivity contribution in [3.05, 3.63) is 21.7 Å². The topological polar surface area (TPSA) is 87.0 Å². The van der Waals surface area contributed by atoms with Crippen molar-refractivity contribution in [2.75, 3.05) is 0 Å². The lowest BCUT2D eigenvalue weighted by Crippen LogP contribution is -2.36. The first-order valence-electron chi connectivity index (χ1n) is 5.75. The molecule has 0 spiro atoms. The lowest BCUT2D eigenvalue weighted by Gasteiger charge is -2.34. The van der Waals surface area contributed by atoms with Crippen molar-refractivity contribution >= 4 is 17.6 Å². The largest absolute Gasteiger partial charge is 0.507 e. The average molecular weight is 327 g/mol. The van der Waals surface area contributed by atoms with E-state index in [9.17, 15) is 28.2 Å². The van der Waals surface area contributed by atoms with Crippen molar-refractivity contribution in [3.8, 4) is 11.5 Å². The highest BCUT2D eigenvalue weighted by Crippen LogP contribution is 2.52. The number of aromatic carboxylic acids is 1. The second kappa shape index (κ2) is 4.96. The summed E-state index contributed by atoms with van der Waals surface area (Å²) in [4.78, 5) is 11.0. The van der Waals surface area contributed by atoms with Crippen LogP contribution in [-0.2, 0) is 11.3 Å². The number of fused-ring (bicyclic) bond motifs is 1. The summed E-state index contributed by atoms with van der Waals surface area (Å²) in [6.07, 6.45) is -6.02. The monoisotopic (exact) mass is 326 g/mol. The second-order valence-corrected chi connectivity index (χ2v) is 5.00. The van der Waals surface area contributed by atoms with Gasteiger partial charge in [0, 0.05) is 5.56 Å². The van der Waals surface area contributed by atoms with Crippen molar-refractivity contribution in [1.82, 2.24) is 0 Å². The Labute approximate surface area is 121 Å². The molecule has 1 aliphatic heterocycles. The van der Waals surface area contributed by atoms with Gasteiger partial charge in [-0.1, -0.05) is 11.6 Å². The van der Waals surface area contributed by atoms with E-state index in [0.29, 0.717) is 0 Å². The number of rotatable bonds is 1. The molecule has 0 saturated heterocycles. The number of phenols is 2. The van der Waals surface area contributed by atoms with Gasteiger partial charge >= 0.3 is 12.1 Å². The van der Waals surface area contributed by atoms with E-state index in [0.717, 1.165) is 0 Å². The van der Waals surface area contributed by atoms with E-state index in [1.807, 2.05) is 0 Å². The zero-order chi connectivity index (χ0) is 16.1. The summed E-state index contributed by atoms with van der Waals surface area (Å²) in [7, 11) is 0. The SMILES string of the molecule is CC1OCc2c(O)c(C(=O)O)c(O)c(Cl)c2C1C(F)(F)F. The Balaban J connectivity index is 2.81. The third-order valence-electron chi connectivity index (χ3n) is 3.37. The van der Waals surface area contributed by atoms with Crippen LogP contribution in [0.1, 0.15) is 34.3 Å². The number of carboxylic acids is 1. The first-order valence-corrected chi connectivity index (χ1v) is 6.12. The minimum atomic E-state index is -4.73. The van der Waals surface area contributed by atoms with E-state index in [-0.39, 0.29) is 5.56 Å². The highest BCUT2D eigenvalue weighted by Gasteiger charge is 2.50. The van der Waals surface area contributed by atoms with Crippen LogP contribution in [0.3, 0.4) is 0 Å². The van der Waals surface area contributed by atoms with Gasteiger partial charge in [-0.3, -0.25) is 0 Å². The molecule has 0 aromatic heterocycles. The number of halogens is 4. The molecule has 0 saturated carbocycles. The Morgan fingerprint density at radius 1 is 1.33 bits per heavy atom. The van der Waals surface area contributed by atoms with Gasteiger partial charge in [-0.15, -0.1) is 0 Å². The third-order valence-corrected chi connectivity index (χ3v) is 3.75. The normalized spacial score (nSPS) is 22.0. The van der Waals surface area contributed by atoms with Crippen LogP contribution in [0.5, 0.6) is 11.5 Å². The standard InChI is InChI=1S/C12H10ClF3O5/c1-3-7(12(14,15)16)5-4(2-21-3)9(17)6(11(19)20)10(18)8(5)13/h3,7,17-18H,2H2,1H3,(H,19,20). The molecule has 2 atom stereocenters. The van der Waals surface area contributed by atoms with Gasteiger partial charge in [0.2, 0.25) is 0 Å². The van der Waals surface area contributed by atoms with Crippen LogP contribution in [0.2, 0.25) is 5.02 Å². The molecule has 3 N–H and O–H groups in total. The molecule has 116 valence electrons. The van der Waals surface area contributed by atoms with E-state index in [4.69, 9.17) is 21.4 Å². The molecule has 1 aromatic carbocycles. The molecule has 21 heavy (non-hydrogen) atoms. The van der Waals surface area contributed by atoms with Crippen LogP contribution in [0.25, 0.3) is 0 Å². The zero-order valence-corrected chi connectivity index (χ0v) is 11.3. The molecule has 0 aliphatic carbocycles. The molecule has 1 heterocycles. The lowest BCUT2D eigenvalue weighted by molar-refractivity contribution is -0.183. The third kappa shape index (κ3) is 2.38. The second-order valence-electron chi connectivity index (χ2n) is 4.62. The Hall–Kier alpha value is -1.67. The van der Waals surface area contributed by atoms with Gasteiger partial charge in [-0.2, -0.15) is 13.2 Å². The van der Waals surface area contributed by atoms with Crippen LogP contribution in [0.4, 0.5) is 13.2 Å². The van der Waals surface area contributed by atoms with Gasteiger partial charge in [-0.05, 0) is 12.5 Å². The van der Waals surface area contributed by atoms with Gasteiger partial charge in [-0.25, -0.2) is 4.79 Å². The van der Waals surface area contributed by atoms with Crippen LogP contribution in [-0.4, -0.2) is 33.6 Å². The van der Waals surface area contributed by atoms with E-state index in [2.05, 4.69) is 0 Å². The minimum absolute atomic E-state index is 0.379. The fourth-order valence-corrected chi connectivity index (χ4v) is 2.73. The minimum Gasteiger partial charge on any atom is -0.507 e. The van der Waals surface area contributed by atoms with Crippen LogP contribution < -0.4 is 0 Å². The first-order chi connectivity index (χ1) is 9.57. The molecule has 9 heteroatoms. The summed E-state index contributed by atoms with van der Waals surface area (Å²) < 4.78 is 44.4. The van der Waals surface area contributed by atoms with Gasteiger partial charge in [0.05, 0.1) is 17.7 Å². The Morgan fingerprint density at radius 2 is 1.90 bits per heavy atom. The van der Waals surface area contributed by atoms with E-state index < -0.39 is 58.4 Å². The smallest absolute Gasteiger partial charge is 0.398 e. The summed E-state index contributed by atoms with van der Waals surface area (Å²) in [5, 5.41) is 27.7. The first kappa shape index (κ1) is 15.7. The molecule has 0 amide bonds. The van der Waals surface area contributed by atoms with E-state index in [1.165, 1.54) is 6.92 Å². The maximum absolute atomic E-state index is 13.2. The molecule has 1 aliphatic rings. The van der Waals surface area contributed by atoms with E-state index >= 15 is 0 Å². The number of alkyl halides is 3. The number of ether oxygens (including phenoxy) is 1. The summed E-state index contributed by atoms with van der Waals surface area (Å²) in [6.45, 7) is 0.742. The van der Waals surface area contributed by atoms with Gasteiger partial charge < -0.3 is 20.1 Å². The Kier molecular flexibility index (Phi) is 3.71. The lowest BCUT2D eigenvalue weighted by atomic mass is 9.85. The number of carbonyl (C=O) groups is 1. The van der Waals surface area contributed by atoms with E-state index in [1.54, 1.807) is 0 Å². The summed E-state index contributed by atoms with van der Waals surface area (Å²) in [5.41, 5.74) is -1.88. The molecule has 0 bridgehead atoms. The summed E-state index contributed by atoms with van der Waals surface area (Å²) in [6, 6.07) is 0. The summed E-state index contributed by atoms with van der Waals surface area (Å²) in [5.74, 6) is -5.95. The number of aromatic hydroxyl groups is 2. The molecule has 2 rings (SSSR count). The Morgan fingerprint density at radius 3 is 2.38 bits per heavy atom. The fraction of sp³-hybridized carbons (Fsp3) is 0.417. The van der Waals surface area contributed by atoms with Gasteiger partial charge in [0.15, 0.2) is 5.75 Å². The maximum atomic E-state index is 13.2. The quantitative estimate of drug-likeness (QED) is 0.738. The van der Waals surface area contributed by atoms with Crippen molar-refractivity contribution in [2.24, 2.45) is 0 Å². The zero-order valence-electron chi connectivity index (χ0n) is 10.5. The van der Waals surface area contributed by atoms with Crippen molar-refractivity contribution in [3.63, 3.8) is 0 Å². The number of carboxylic acid groups (broad SMARTS) is 1. The van der Waals surface area contributed by atoms with Crippen molar-refractivity contribution in [2.45, 2.75) is 31.7 Å². The molecular formula is C12H10ClF3O5. The number of hydrogen-bond donors (Lipinski definition) is 3. The van der Waals surface area contributed by atoms with Crippen LogP contribution in [0.15, 0.2) is 0 Å². The Bertz CT molecular complexity index is 614. The fourth-order valence-electron chi connectivity index (χ4n) is 2.41.